The molecule has 0 aromatic heterocycles. The standard InChI is InChI=1S/C32H33FO6/c1-7-14-37-19-26-16-24(15-25(18-36-6)30(26)39-32(35)21(4)5)28-13-10-23(17-29(28)33)22-8-11-27(12-9-22)38-31(34)20(2)3/h8-13,15-17H,2,4,7,14,18-19H2,1,3,5-6H3. The minimum absolute atomic E-state index is 0.148. The zero-order valence-electron chi connectivity index (χ0n) is 22.8. The van der Waals surface area contributed by atoms with Gasteiger partial charge in [0, 0.05) is 41.6 Å². The van der Waals surface area contributed by atoms with Crippen molar-refractivity contribution in [1.29, 1.82) is 0 Å². The van der Waals surface area contributed by atoms with Gasteiger partial charge in [-0.15, -0.1) is 0 Å². The largest absolute Gasteiger partial charge is 0.423 e. The topological polar surface area (TPSA) is 71.1 Å². The normalized spacial score (nSPS) is 10.7. The predicted octanol–water partition coefficient (Wildman–Crippen LogP) is 7.20. The third kappa shape index (κ3) is 7.72. The number of esters is 2. The first-order chi connectivity index (χ1) is 18.6. The second kappa shape index (κ2) is 13.6. The molecule has 3 aromatic rings. The van der Waals surface area contributed by atoms with E-state index in [4.69, 9.17) is 18.9 Å². The van der Waals surface area contributed by atoms with Crippen LogP contribution in [0.25, 0.3) is 22.3 Å². The quantitative estimate of drug-likeness (QED) is 0.106. The van der Waals surface area contributed by atoms with Crippen molar-refractivity contribution in [3.63, 3.8) is 0 Å². The maximum Gasteiger partial charge on any atom is 0.338 e. The van der Waals surface area contributed by atoms with Crippen molar-refractivity contribution in [2.45, 2.75) is 40.4 Å². The van der Waals surface area contributed by atoms with Crippen LogP contribution in [0.3, 0.4) is 0 Å². The van der Waals surface area contributed by atoms with E-state index in [9.17, 15) is 9.59 Å². The molecule has 0 amide bonds. The van der Waals surface area contributed by atoms with Crippen LogP contribution in [-0.4, -0.2) is 25.7 Å². The second-order valence-corrected chi connectivity index (χ2v) is 9.17. The molecule has 0 fully saturated rings. The Hall–Kier alpha value is -4.07. The minimum Gasteiger partial charge on any atom is -0.423 e. The number of benzene rings is 3. The summed E-state index contributed by atoms with van der Waals surface area (Å²) in [5.74, 6) is -0.798. The average molecular weight is 533 g/mol. The lowest BCUT2D eigenvalue weighted by Gasteiger charge is -2.18. The summed E-state index contributed by atoms with van der Waals surface area (Å²) in [5, 5.41) is 0. The molecular weight excluding hydrogens is 499 g/mol. The van der Waals surface area contributed by atoms with E-state index < -0.39 is 17.8 Å². The molecule has 0 atom stereocenters. The van der Waals surface area contributed by atoms with E-state index in [2.05, 4.69) is 13.2 Å². The summed E-state index contributed by atoms with van der Waals surface area (Å²) in [4.78, 5) is 24.1. The van der Waals surface area contributed by atoms with Crippen molar-refractivity contribution in [3.05, 3.63) is 95.8 Å². The smallest absolute Gasteiger partial charge is 0.338 e. The fourth-order valence-corrected chi connectivity index (χ4v) is 3.76. The van der Waals surface area contributed by atoms with Gasteiger partial charge in [0.2, 0.25) is 0 Å². The van der Waals surface area contributed by atoms with Gasteiger partial charge >= 0.3 is 11.9 Å². The second-order valence-electron chi connectivity index (χ2n) is 9.17. The third-order valence-electron chi connectivity index (χ3n) is 5.72. The molecule has 0 saturated carbocycles. The lowest BCUT2D eigenvalue weighted by atomic mass is 9.96. The van der Waals surface area contributed by atoms with Gasteiger partial charge in [0.05, 0.1) is 13.2 Å². The molecule has 3 rings (SSSR count). The van der Waals surface area contributed by atoms with Gasteiger partial charge in [0.15, 0.2) is 0 Å². The Morgan fingerprint density at radius 2 is 1.38 bits per heavy atom. The predicted molar refractivity (Wildman–Crippen MR) is 149 cm³/mol. The molecule has 0 aliphatic rings. The zero-order chi connectivity index (χ0) is 28.5. The molecule has 0 unspecified atom stereocenters. The van der Waals surface area contributed by atoms with Crippen molar-refractivity contribution in [3.8, 4) is 33.8 Å². The molecule has 0 N–H and O–H groups in total. The molecule has 0 spiro atoms. The van der Waals surface area contributed by atoms with E-state index in [0.717, 1.165) is 12.0 Å². The van der Waals surface area contributed by atoms with Crippen LogP contribution in [0.1, 0.15) is 38.3 Å². The first-order valence-electron chi connectivity index (χ1n) is 12.5. The number of methoxy groups -OCH3 is 1. The van der Waals surface area contributed by atoms with E-state index >= 15 is 4.39 Å². The number of hydrogen-bond donors (Lipinski definition) is 0. The highest BCUT2D eigenvalue weighted by Crippen LogP contribution is 2.35. The molecule has 0 saturated heterocycles. The highest BCUT2D eigenvalue weighted by Gasteiger charge is 2.19. The number of hydrogen-bond acceptors (Lipinski definition) is 6. The highest BCUT2D eigenvalue weighted by atomic mass is 19.1. The Morgan fingerprint density at radius 3 is 1.95 bits per heavy atom. The SMILES string of the molecule is C=C(C)C(=O)Oc1ccc(-c2ccc(-c3cc(COC)c(OC(=O)C(=C)C)c(COCCC)c3)c(F)c2)cc1. The van der Waals surface area contributed by atoms with Crippen LogP contribution < -0.4 is 9.47 Å². The Kier molecular flexibility index (Phi) is 10.3. The number of rotatable bonds is 12. The summed E-state index contributed by atoms with van der Waals surface area (Å²) in [6, 6.07) is 15.3. The summed E-state index contributed by atoms with van der Waals surface area (Å²) >= 11 is 0. The number of carbonyl (C=O) groups excluding carboxylic acids is 2. The van der Waals surface area contributed by atoms with Gasteiger partial charge in [-0.05, 0) is 67.3 Å². The van der Waals surface area contributed by atoms with E-state index in [0.29, 0.717) is 51.5 Å². The maximum absolute atomic E-state index is 15.5. The summed E-state index contributed by atoms with van der Waals surface area (Å²) in [6.45, 7) is 13.2. The fraction of sp³-hybridized carbons (Fsp3) is 0.250. The van der Waals surface area contributed by atoms with Crippen LogP contribution in [0.15, 0.2) is 78.9 Å². The van der Waals surface area contributed by atoms with Gasteiger partial charge in [-0.2, -0.15) is 0 Å². The molecule has 39 heavy (non-hydrogen) atoms. The molecular formula is C32H33FO6. The van der Waals surface area contributed by atoms with Gasteiger partial charge in [-0.3, -0.25) is 0 Å². The van der Waals surface area contributed by atoms with Gasteiger partial charge in [0.1, 0.15) is 17.3 Å². The van der Waals surface area contributed by atoms with Crippen LogP contribution in [0, 0.1) is 5.82 Å². The molecule has 0 aliphatic heterocycles. The molecule has 3 aromatic carbocycles. The summed E-state index contributed by atoms with van der Waals surface area (Å²) in [7, 11) is 1.53. The molecule has 6 nitrogen and oxygen atoms in total. The van der Waals surface area contributed by atoms with E-state index in [-0.39, 0.29) is 18.8 Å². The Balaban J connectivity index is 1.98. The summed E-state index contributed by atoms with van der Waals surface area (Å²) in [5.41, 5.74) is 4.13. The third-order valence-corrected chi connectivity index (χ3v) is 5.72. The van der Waals surface area contributed by atoms with Gasteiger partial charge < -0.3 is 18.9 Å². The minimum atomic E-state index is -0.562. The molecule has 0 bridgehead atoms. The number of carbonyl (C=O) groups is 2. The first-order valence-corrected chi connectivity index (χ1v) is 12.5. The van der Waals surface area contributed by atoms with Crippen molar-refractivity contribution < 1.29 is 32.9 Å². The molecule has 204 valence electrons. The van der Waals surface area contributed by atoms with Gasteiger partial charge in [0.25, 0.3) is 0 Å². The molecule has 0 radical (unpaired) electrons. The Labute approximate surface area is 228 Å². The van der Waals surface area contributed by atoms with Crippen LogP contribution in [-0.2, 0) is 32.3 Å². The molecule has 0 aliphatic carbocycles. The fourth-order valence-electron chi connectivity index (χ4n) is 3.76. The van der Waals surface area contributed by atoms with E-state index in [1.807, 2.05) is 13.0 Å². The van der Waals surface area contributed by atoms with E-state index in [1.54, 1.807) is 56.3 Å². The average Bonchev–Trinajstić information content (AvgIpc) is 2.90. The van der Waals surface area contributed by atoms with Crippen LogP contribution in [0.4, 0.5) is 4.39 Å². The van der Waals surface area contributed by atoms with Crippen molar-refractivity contribution >= 4 is 11.9 Å². The first kappa shape index (κ1) is 29.5. The van der Waals surface area contributed by atoms with Crippen molar-refractivity contribution in [2.75, 3.05) is 13.7 Å². The van der Waals surface area contributed by atoms with Crippen molar-refractivity contribution in [2.24, 2.45) is 0 Å². The monoisotopic (exact) mass is 532 g/mol. The Morgan fingerprint density at radius 1 is 0.795 bits per heavy atom. The highest BCUT2D eigenvalue weighted by molar-refractivity contribution is 5.89. The van der Waals surface area contributed by atoms with E-state index in [1.165, 1.54) is 13.2 Å². The number of halogens is 1. The zero-order valence-corrected chi connectivity index (χ0v) is 22.8. The van der Waals surface area contributed by atoms with Gasteiger partial charge in [-0.1, -0.05) is 44.3 Å². The van der Waals surface area contributed by atoms with Gasteiger partial charge in [-0.25, -0.2) is 14.0 Å². The number of ether oxygens (including phenoxy) is 4. The lowest BCUT2D eigenvalue weighted by Crippen LogP contribution is -2.13. The summed E-state index contributed by atoms with van der Waals surface area (Å²) in [6.07, 6.45) is 0.818. The van der Waals surface area contributed by atoms with Crippen LogP contribution in [0.2, 0.25) is 0 Å². The van der Waals surface area contributed by atoms with Crippen LogP contribution in [0.5, 0.6) is 11.5 Å². The maximum atomic E-state index is 15.5. The Bertz CT molecular complexity index is 1370. The van der Waals surface area contributed by atoms with Crippen molar-refractivity contribution in [1.82, 2.24) is 0 Å². The van der Waals surface area contributed by atoms with Crippen LogP contribution >= 0.6 is 0 Å². The molecule has 7 heteroatoms. The lowest BCUT2D eigenvalue weighted by molar-refractivity contribution is -0.131. The molecule has 0 heterocycles. The summed E-state index contributed by atoms with van der Waals surface area (Å²) < 4.78 is 37.5.